The highest BCUT2D eigenvalue weighted by molar-refractivity contribution is 7.21. The van der Waals surface area contributed by atoms with E-state index in [9.17, 15) is 0 Å². The van der Waals surface area contributed by atoms with E-state index >= 15 is 0 Å². The Balaban J connectivity index is 2.25. The van der Waals surface area contributed by atoms with E-state index in [1.807, 2.05) is 7.05 Å². The Morgan fingerprint density at radius 2 is 2.00 bits per heavy atom. The Labute approximate surface area is 122 Å². The molecular weight excluding hydrogens is 266 g/mol. The summed E-state index contributed by atoms with van der Waals surface area (Å²) in [5.74, 6) is 0. The summed E-state index contributed by atoms with van der Waals surface area (Å²) in [6.07, 6.45) is 0. The largest absolute Gasteiger partial charge is 0.316 e. The molecule has 0 radical (unpaired) electrons. The van der Waals surface area contributed by atoms with Crippen LogP contribution in [0.1, 0.15) is 5.56 Å². The van der Waals surface area contributed by atoms with E-state index in [1.54, 1.807) is 11.3 Å². The monoisotopic (exact) mass is 284 g/mol. The number of rotatable bonds is 2. The van der Waals surface area contributed by atoms with Gasteiger partial charge in [0.1, 0.15) is 14.1 Å². The van der Waals surface area contributed by atoms with Gasteiger partial charge in [0, 0.05) is 18.7 Å². The summed E-state index contributed by atoms with van der Waals surface area (Å²) in [7, 11) is 6.09. The lowest BCUT2D eigenvalue weighted by atomic mass is 10.2. The van der Waals surface area contributed by atoms with Crippen LogP contribution in [-0.2, 0) is 6.54 Å². The topological polar surface area (TPSA) is 27.9 Å². The Hall–Kier alpha value is -1.78. The molecule has 1 heterocycles. The van der Waals surface area contributed by atoms with Gasteiger partial charge in [-0.2, -0.15) is 0 Å². The summed E-state index contributed by atoms with van der Waals surface area (Å²) in [5, 5.41) is 4.40. The Morgan fingerprint density at radius 3 is 2.75 bits per heavy atom. The smallest absolute Gasteiger partial charge is 0.201 e. The van der Waals surface area contributed by atoms with Gasteiger partial charge in [-0.25, -0.2) is 9.56 Å². The number of benzene rings is 2. The minimum atomic E-state index is 0.887. The van der Waals surface area contributed by atoms with Gasteiger partial charge >= 0.3 is 0 Å². The van der Waals surface area contributed by atoms with Crippen molar-refractivity contribution in [3.05, 3.63) is 47.3 Å². The van der Waals surface area contributed by atoms with Crippen LogP contribution in [0.5, 0.6) is 0 Å². The maximum atomic E-state index is 4.75. The van der Waals surface area contributed by atoms with Crippen LogP contribution in [0, 0.1) is 0 Å². The van der Waals surface area contributed by atoms with Crippen molar-refractivity contribution in [2.24, 2.45) is 0 Å². The molecule has 3 nitrogen and oxygen atoms in total. The average Bonchev–Trinajstić information content (AvgIpc) is 2.44. The third-order valence-electron chi connectivity index (χ3n) is 3.33. The molecule has 2 aliphatic rings. The SMILES string of the molecule is CNCc1ccc2nc3ccc(=[N+](C)C)cc-3sc2c1. The minimum absolute atomic E-state index is 0.887. The summed E-state index contributed by atoms with van der Waals surface area (Å²) in [5.41, 5.74) is 3.43. The van der Waals surface area contributed by atoms with Crippen molar-refractivity contribution in [3.8, 4) is 10.6 Å². The predicted molar refractivity (Wildman–Crippen MR) is 86.1 cm³/mol. The first kappa shape index (κ1) is 13.2. The minimum Gasteiger partial charge on any atom is -0.316 e. The zero-order valence-corrected chi connectivity index (χ0v) is 12.8. The molecule has 102 valence electrons. The summed E-state index contributed by atoms with van der Waals surface area (Å²) >= 11 is 1.81. The third-order valence-corrected chi connectivity index (χ3v) is 4.42. The van der Waals surface area contributed by atoms with E-state index in [2.05, 4.69) is 60.4 Å². The zero-order valence-electron chi connectivity index (χ0n) is 12.0. The molecule has 0 saturated carbocycles. The third kappa shape index (κ3) is 2.44. The molecule has 20 heavy (non-hydrogen) atoms. The maximum absolute atomic E-state index is 4.75. The van der Waals surface area contributed by atoms with Gasteiger partial charge < -0.3 is 5.32 Å². The van der Waals surface area contributed by atoms with Crippen molar-refractivity contribution >= 4 is 21.6 Å². The van der Waals surface area contributed by atoms with E-state index in [0.717, 1.165) is 17.8 Å². The van der Waals surface area contributed by atoms with Gasteiger partial charge in [0.15, 0.2) is 0 Å². The number of aromatic nitrogens is 1. The van der Waals surface area contributed by atoms with Gasteiger partial charge in [-0.15, -0.1) is 11.3 Å². The van der Waals surface area contributed by atoms with Crippen LogP contribution in [-0.4, -0.2) is 26.1 Å². The summed E-state index contributed by atoms with van der Waals surface area (Å²) in [6, 6.07) is 12.9. The summed E-state index contributed by atoms with van der Waals surface area (Å²) in [6.45, 7) is 0.887. The molecule has 0 unspecified atom stereocenters. The van der Waals surface area contributed by atoms with Crippen molar-refractivity contribution in [2.45, 2.75) is 6.54 Å². The van der Waals surface area contributed by atoms with Crippen molar-refractivity contribution in [1.82, 2.24) is 14.9 Å². The standard InChI is InChI=1S/C16H18N3S/c1-17-10-11-4-6-13-15(8-11)20-16-9-12(19(2)3)5-7-14(16)18-13/h4-9,17H,10H2,1-3H3/q+1. The fourth-order valence-electron chi connectivity index (χ4n) is 2.25. The molecule has 1 aliphatic carbocycles. The average molecular weight is 284 g/mol. The fourth-order valence-corrected chi connectivity index (χ4v) is 3.31. The summed E-state index contributed by atoms with van der Waals surface area (Å²) < 4.78 is 3.36. The second-order valence-electron chi connectivity index (χ2n) is 5.09. The number of hydrogen-bond donors (Lipinski definition) is 1. The zero-order chi connectivity index (χ0) is 14.1. The van der Waals surface area contributed by atoms with E-state index in [4.69, 9.17) is 4.98 Å². The Kier molecular flexibility index (Phi) is 3.51. The highest BCUT2D eigenvalue weighted by atomic mass is 32.1. The Morgan fingerprint density at radius 1 is 1.15 bits per heavy atom. The molecule has 0 fully saturated rings. The van der Waals surface area contributed by atoms with Crippen LogP contribution in [0.2, 0.25) is 0 Å². The van der Waals surface area contributed by atoms with Crippen LogP contribution in [0.25, 0.3) is 20.8 Å². The molecule has 4 heteroatoms. The number of hydrogen-bond acceptors (Lipinski definition) is 3. The molecule has 0 atom stereocenters. The molecule has 3 rings (SSSR count). The van der Waals surface area contributed by atoms with Crippen molar-refractivity contribution in [2.75, 3.05) is 21.1 Å². The summed E-state index contributed by atoms with van der Waals surface area (Å²) in [4.78, 5) is 5.98. The molecule has 1 N–H and O–H groups in total. The lowest BCUT2D eigenvalue weighted by Crippen LogP contribution is -2.21. The van der Waals surface area contributed by atoms with Gasteiger partial charge in [-0.3, -0.25) is 0 Å². The lowest BCUT2D eigenvalue weighted by Gasteiger charge is -2.07. The Bertz CT molecular complexity index is 800. The van der Waals surface area contributed by atoms with Gasteiger partial charge in [0.2, 0.25) is 5.36 Å². The van der Waals surface area contributed by atoms with Crippen LogP contribution in [0.4, 0.5) is 0 Å². The number of fused-ring (bicyclic) bond motifs is 2. The van der Waals surface area contributed by atoms with Crippen molar-refractivity contribution in [3.63, 3.8) is 0 Å². The van der Waals surface area contributed by atoms with Crippen molar-refractivity contribution in [1.29, 1.82) is 0 Å². The van der Waals surface area contributed by atoms with Crippen LogP contribution >= 0.6 is 11.3 Å². The van der Waals surface area contributed by atoms with Gasteiger partial charge in [0.25, 0.3) is 0 Å². The predicted octanol–water partition coefficient (Wildman–Crippen LogP) is 2.15. The highest BCUT2D eigenvalue weighted by Gasteiger charge is 2.09. The van der Waals surface area contributed by atoms with Crippen LogP contribution in [0.15, 0.2) is 36.4 Å². The first-order valence-corrected chi connectivity index (χ1v) is 7.47. The first-order valence-electron chi connectivity index (χ1n) is 6.66. The van der Waals surface area contributed by atoms with E-state index in [-0.39, 0.29) is 0 Å². The molecular formula is C16H18N3S+. The molecule has 0 saturated heterocycles. The van der Waals surface area contributed by atoms with E-state index < -0.39 is 0 Å². The quantitative estimate of drug-likeness (QED) is 0.577. The molecule has 1 aromatic rings. The molecule has 1 aliphatic heterocycles. The maximum Gasteiger partial charge on any atom is 0.201 e. The second kappa shape index (κ2) is 5.31. The van der Waals surface area contributed by atoms with Gasteiger partial charge in [0.05, 0.1) is 20.8 Å². The number of nitrogens with one attached hydrogen (secondary N) is 1. The van der Waals surface area contributed by atoms with Crippen LogP contribution < -0.4 is 15.2 Å². The lowest BCUT2D eigenvalue weighted by molar-refractivity contribution is 0.814. The molecule has 0 spiro atoms. The van der Waals surface area contributed by atoms with Gasteiger partial charge in [-0.1, -0.05) is 6.07 Å². The first-order chi connectivity index (χ1) is 9.67. The molecule has 0 bridgehead atoms. The molecule has 1 aromatic carbocycles. The molecule has 0 aromatic heterocycles. The number of nitrogens with zero attached hydrogens (tertiary/aromatic N) is 2. The van der Waals surface area contributed by atoms with Gasteiger partial charge in [-0.05, 0) is 30.8 Å². The van der Waals surface area contributed by atoms with E-state index in [1.165, 1.54) is 20.5 Å². The van der Waals surface area contributed by atoms with Crippen LogP contribution in [0.3, 0.4) is 0 Å². The van der Waals surface area contributed by atoms with E-state index in [0.29, 0.717) is 0 Å². The second-order valence-corrected chi connectivity index (χ2v) is 6.18. The normalized spacial score (nSPS) is 11.2. The molecule has 0 amide bonds. The van der Waals surface area contributed by atoms with Crippen molar-refractivity contribution < 1.29 is 0 Å². The highest BCUT2D eigenvalue weighted by Crippen LogP contribution is 2.29. The fraction of sp³-hybridized carbons (Fsp3) is 0.250.